The Hall–Kier alpha value is -1.55. The Morgan fingerprint density at radius 3 is 2.63 bits per heavy atom. The van der Waals surface area contributed by atoms with Gasteiger partial charge in [0.25, 0.3) is 0 Å². The number of hydrogen-bond donors (Lipinski definition) is 1. The van der Waals surface area contributed by atoms with Crippen molar-refractivity contribution in [2.75, 3.05) is 31.1 Å². The number of nitrogens with zero attached hydrogens (tertiary/aromatic N) is 2. The van der Waals surface area contributed by atoms with Crippen LogP contribution in [0.3, 0.4) is 0 Å². The number of para-hydroxylation sites is 1. The smallest absolute Gasteiger partial charge is 0.219 e. The molecule has 0 radical (unpaired) electrons. The van der Waals surface area contributed by atoms with Crippen LogP contribution in [0.1, 0.15) is 31.9 Å². The first-order chi connectivity index (χ1) is 9.09. The molecule has 0 saturated carbocycles. The summed E-state index contributed by atoms with van der Waals surface area (Å²) >= 11 is 0. The van der Waals surface area contributed by atoms with E-state index in [9.17, 15) is 4.79 Å². The van der Waals surface area contributed by atoms with Crippen molar-refractivity contribution in [1.82, 2.24) is 4.90 Å². The Morgan fingerprint density at radius 2 is 1.95 bits per heavy atom. The van der Waals surface area contributed by atoms with Gasteiger partial charge in [0, 0.05) is 44.8 Å². The van der Waals surface area contributed by atoms with Crippen LogP contribution in [-0.2, 0) is 4.79 Å². The van der Waals surface area contributed by atoms with Crippen LogP contribution in [0.4, 0.5) is 5.69 Å². The van der Waals surface area contributed by atoms with Crippen LogP contribution in [0.5, 0.6) is 0 Å². The molecule has 4 nitrogen and oxygen atoms in total. The maximum atomic E-state index is 11.5. The van der Waals surface area contributed by atoms with Crippen LogP contribution in [-0.4, -0.2) is 37.0 Å². The fraction of sp³-hybridized carbons (Fsp3) is 0.533. The standard InChI is InChI=1S/C15H23N3O/c1-12(16)14-6-3-4-7-15(14)18-9-5-8-17(10-11-18)13(2)19/h3-4,6-7,12H,5,8-11,16H2,1-2H3. The van der Waals surface area contributed by atoms with E-state index in [2.05, 4.69) is 23.1 Å². The van der Waals surface area contributed by atoms with E-state index in [0.29, 0.717) is 0 Å². The van der Waals surface area contributed by atoms with Crippen molar-refractivity contribution in [1.29, 1.82) is 0 Å². The highest BCUT2D eigenvalue weighted by molar-refractivity contribution is 5.73. The lowest BCUT2D eigenvalue weighted by atomic mass is 10.1. The third-order valence-corrected chi connectivity index (χ3v) is 3.71. The van der Waals surface area contributed by atoms with Crippen molar-refractivity contribution in [3.05, 3.63) is 29.8 Å². The molecule has 0 bridgehead atoms. The highest BCUT2D eigenvalue weighted by Gasteiger charge is 2.19. The highest BCUT2D eigenvalue weighted by Crippen LogP contribution is 2.25. The zero-order valence-corrected chi connectivity index (χ0v) is 11.8. The van der Waals surface area contributed by atoms with Gasteiger partial charge in [0.1, 0.15) is 0 Å². The molecule has 1 amide bonds. The SMILES string of the molecule is CC(=O)N1CCCN(c2ccccc2C(C)N)CC1. The minimum atomic E-state index is 0.0309. The number of carbonyl (C=O) groups excluding carboxylic acids is 1. The van der Waals surface area contributed by atoms with Crippen molar-refractivity contribution in [3.63, 3.8) is 0 Å². The van der Waals surface area contributed by atoms with Gasteiger partial charge in [0.05, 0.1) is 0 Å². The first-order valence-corrected chi connectivity index (χ1v) is 6.94. The van der Waals surface area contributed by atoms with E-state index in [0.717, 1.165) is 32.6 Å². The lowest BCUT2D eigenvalue weighted by molar-refractivity contribution is -0.128. The van der Waals surface area contributed by atoms with Gasteiger partial charge in [-0.05, 0) is 25.0 Å². The number of rotatable bonds is 2. The second kappa shape index (κ2) is 6.06. The molecule has 1 fully saturated rings. The van der Waals surface area contributed by atoms with E-state index < -0.39 is 0 Å². The minimum Gasteiger partial charge on any atom is -0.369 e. The maximum Gasteiger partial charge on any atom is 0.219 e. The largest absolute Gasteiger partial charge is 0.369 e. The fourth-order valence-corrected chi connectivity index (χ4v) is 2.63. The Morgan fingerprint density at radius 1 is 1.21 bits per heavy atom. The second-order valence-corrected chi connectivity index (χ2v) is 5.19. The van der Waals surface area contributed by atoms with E-state index in [1.807, 2.05) is 17.9 Å². The van der Waals surface area contributed by atoms with Gasteiger partial charge >= 0.3 is 0 Å². The summed E-state index contributed by atoms with van der Waals surface area (Å²) in [6.07, 6.45) is 1.01. The van der Waals surface area contributed by atoms with Crippen molar-refractivity contribution in [2.45, 2.75) is 26.3 Å². The summed E-state index contributed by atoms with van der Waals surface area (Å²) < 4.78 is 0. The van der Waals surface area contributed by atoms with Crippen LogP contribution in [0.25, 0.3) is 0 Å². The number of amides is 1. The van der Waals surface area contributed by atoms with Gasteiger partial charge < -0.3 is 15.5 Å². The number of hydrogen-bond acceptors (Lipinski definition) is 3. The van der Waals surface area contributed by atoms with E-state index in [1.54, 1.807) is 6.92 Å². The number of carbonyl (C=O) groups is 1. The molecule has 1 aliphatic rings. The summed E-state index contributed by atoms with van der Waals surface area (Å²) in [5.41, 5.74) is 8.44. The molecule has 0 aliphatic carbocycles. The van der Waals surface area contributed by atoms with Crippen LogP contribution in [0, 0.1) is 0 Å². The number of anilines is 1. The fourth-order valence-electron chi connectivity index (χ4n) is 2.63. The van der Waals surface area contributed by atoms with Crippen molar-refractivity contribution in [3.8, 4) is 0 Å². The van der Waals surface area contributed by atoms with Crippen LogP contribution in [0.2, 0.25) is 0 Å². The van der Waals surface area contributed by atoms with Crippen molar-refractivity contribution >= 4 is 11.6 Å². The van der Waals surface area contributed by atoms with Gasteiger partial charge in [-0.2, -0.15) is 0 Å². The highest BCUT2D eigenvalue weighted by atomic mass is 16.2. The summed E-state index contributed by atoms with van der Waals surface area (Å²) in [7, 11) is 0. The molecule has 1 saturated heterocycles. The summed E-state index contributed by atoms with van der Waals surface area (Å²) in [6.45, 7) is 7.16. The molecule has 0 spiro atoms. The van der Waals surface area contributed by atoms with E-state index >= 15 is 0 Å². The van der Waals surface area contributed by atoms with Gasteiger partial charge in [0.2, 0.25) is 5.91 Å². The van der Waals surface area contributed by atoms with Gasteiger partial charge in [0.15, 0.2) is 0 Å². The lowest BCUT2D eigenvalue weighted by Gasteiger charge is -2.26. The Labute approximate surface area is 115 Å². The van der Waals surface area contributed by atoms with E-state index in [4.69, 9.17) is 5.73 Å². The molecule has 2 rings (SSSR count). The molecule has 104 valence electrons. The van der Waals surface area contributed by atoms with Crippen molar-refractivity contribution < 1.29 is 4.79 Å². The van der Waals surface area contributed by atoms with Gasteiger partial charge in [-0.25, -0.2) is 0 Å². The molecule has 4 heteroatoms. The third-order valence-electron chi connectivity index (χ3n) is 3.71. The van der Waals surface area contributed by atoms with Gasteiger partial charge in [-0.1, -0.05) is 18.2 Å². The molecule has 1 unspecified atom stereocenters. The van der Waals surface area contributed by atoms with Crippen molar-refractivity contribution in [2.24, 2.45) is 5.73 Å². The molecule has 1 aliphatic heterocycles. The average Bonchev–Trinajstić information content (AvgIpc) is 2.64. The first kappa shape index (κ1) is 13.9. The summed E-state index contributed by atoms with van der Waals surface area (Å²) in [5.74, 6) is 0.169. The Bertz CT molecular complexity index is 445. The molecule has 1 heterocycles. The molecule has 1 atom stereocenters. The predicted molar refractivity (Wildman–Crippen MR) is 78.1 cm³/mol. The molecule has 19 heavy (non-hydrogen) atoms. The molecule has 2 N–H and O–H groups in total. The quantitative estimate of drug-likeness (QED) is 0.882. The molecule has 0 aromatic heterocycles. The Balaban J connectivity index is 2.16. The zero-order valence-electron chi connectivity index (χ0n) is 11.8. The third kappa shape index (κ3) is 3.26. The molecular weight excluding hydrogens is 238 g/mol. The first-order valence-electron chi connectivity index (χ1n) is 6.94. The Kier molecular flexibility index (Phi) is 4.43. The molecule has 1 aromatic carbocycles. The monoisotopic (exact) mass is 261 g/mol. The molecular formula is C15H23N3O. The van der Waals surface area contributed by atoms with Crippen LogP contribution in [0.15, 0.2) is 24.3 Å². The van der Waals surface area contributed by atoms with Crippen LogP contribution < -0.4 is 10.6 Å². The van der Waals surface area contributed by atoms with Crippen LogP contribution >= 0.6 is 0 Å². The lowest BCUT2D eigenvalue weighted by Crippen LogP contribution is -2.34. The van der Waals surface area contributed by atoms with E-state index in [-0.39, 0.29) is 11.9 Å². The minimum absolute atomic E-state index is 0.0309. The summed E-state index contributed by atoms with van der Waals surface area (Å²) in [5, 5.41) is 0. The summed E-state index contributed by atoms with van der Waals surface area (Å²) in [4.78, 5) is 15.7. The van der Waals surface area contributed by atoms with Gasteiger partial charge in [-0.15, -0.1) is 0 Å². The molecule has 1 aromatic rings. The summed E-state index contributed by atoms with van der Waals surface area (Å²) in [6, 6.07) is 8.33. The average molecular weight is 261 g/mol. The number of benzene rings is 1. The number of nitrogens with two attached hydrogens (primary N) is 1. The van der Waals surface area contributed by atoms with E-state index in [1.165, 1.54) is 11.3 Å². The topological polar surface area (TPSA) is 49.6 Å². The normalized spacial score (nSPS) is 18.1. The second-order valence-electron chi connectivity index (χ2n) is 5.19. The predicted octanol–water partition coefficient (Wildman–Crippen LogP) is 1.76. The van der Waals surface area contributed by atoms with Gasteiger partial charge in [-0.3, -0.25) is 4.79 Å². The zero-order chi connectivity index (χ0) is 13.8. The maximum absolute atomic E-state index is 11.5.